The highest BCUT2D eigenvalue weighted by atomic mass is 32.2. The lowest BCUT2D eigenvalue weighted by Gasteiger charge is -2.02. The van der Waals surface area contributed by atoms with Gasteiger partial charge in [-0.2, -0.15) is 0 Å². The van der Waals surface area contributed by atoms with Crippen molar-refractivity contribution in [2.75, 3.05) is 0 Å². The van der Waals surface area contributed by atoms with Crippen LogP contribution >= 0.6 is 49.3 Å². The Labute approximate surface area is 192 Å². The maximum atomic E-state index is 5.47. The Hall–Kier alpha value is -1.76. The summed E-state index contributed by atoms with van der Waals surface area (Å²) >= 11 is 11.1. The molecule has 146 valence electrons. The molecule has 5 heteroatoms. The molecule has 0 atom stereocenters. The van der Waals surface area contributed by atoms with E-state index in [1.54, 1.807) is 0 Å². The van der Waals surface area contributed by atoms with Crippen LogP contribution in [0.15, 0.2) is 129 Å². The van der Waals surface area contributed by atoms with Crippen LogP contribution in [0.3, 0.4) is 0 Å². The van der Waals surface area contributed by atoms with Gasteiger partial charge in [0.2, 0.25) is 0 Å². The molecule has 0 fully saturated rings. The predicted octanol–water partition coefficient (Wildman–Crippen LogP) is 8.35. The van der Waals surface area contributed by atoms with E-state index in [2.05, 4.69) is 73.8 Å². The Kier molecular flexibility index (Phi) is 9.12. The van der Waals surface area contributed by atoms with Crippen LogP contribution in [0.1, 0.15) is 0 Å². The van der Waals surface area contributed by atoms with E-state index in [1.165, 1.54) is 35.2 Å². The molecule has 29 heavy (non-hydrogen) atoms. The minimum Gasteiger partial charge on any atom is -0.237 e. The number of rotatable bonds is 5. The molecule has 4 rings (SSSR count). The predicted molar refractivity (Wildman–Crippen MR) is 132 cm³/mol. The number of benzene rings is 4. The first-order valence-corrected chi connectivity index (χ1v) is 11.3. The largest absolute Gasteiger partial charge is 0.237 e. The van der Waals surface area contributed by atoms with Gasteiger partial charge in [-0.15, -0.1) is 25.3 Å². The molecule has 0 N–H and O–H groups in total. The molecule has 1 nitrogen and oxygen atoms in total. The quantitative estimate of drug-likeness (QED) is 0.233. The second-order valence-electron chi connectivity index (χ2n) is 5.95. The third kappa shape index (κ3) is 7.88. The first kappa shape index (κ1) is 21.9. The summed E-state index contributed by atoms with van der Waals surface area (Å²) < 4.78 is 5.47. The fraction of sp³-hybridized carbons (Fsp3) is 0. The molecule has 4 aromatic rings. The van der Waals surface area contributed by atoms with E-state index in [0.29, 0.717) is 0 Å². The molecule has 0 unspecified atom stereocenters. The van der Waals surface area contributed by atoms with Gasteiger partial charge in [0.25, 0.3) is 0 Å². The lowest BCUT2D eigenvalue weighted by Crippen LogP contribution is -1.73. The molecule has 0 saturated carbocycles. The van der Waals surface area contributed by atoms with Crippen molar-refractivity contribution in [1.29, 1.82) is 0 Å². The topological polar surface area (TPSA) is 9.23 Å². The minimum absolute atomic E-state index is 0.950. The fourth-order valence-corrected chi connectivity index (χ4v) is 3.92. The van der Waals surface area contributed by atoms with Gasteiger partial charge in [0.1, 0.15) is 0 Å². The van der Waals surface area contributed by atoms with Gasteiger partial charge in [-0.3, -0.25) is 0 Å². The highest BCUT2D eigenvalue weighted by Gasteiger charge is 1.98. The summed E-state index contributed by atoms with van der Waals surface area (Å²) in [5, 5.41) is 0. The van der Waals surface area contributed by atoms with Crippen LogP contribution in [0.5, 0.6) is 0 Å². The summed E-state index contributed by atoms with van der Waals surface area (Å²) in [6.45, 7) is 0. The summed E-state index contributed by atoms with van der Waals surface area (Å²) in [4.78, 5) is 4.01. The molecular weight excluding hydrogens is 433 g/mol. The molecular formula is C24H20OS4. The van der Waals surface area contributed by atoms with Crippen molar-refractivity contribution in [2.45, 2.75) is 19.6 Å². The van der Waals surface area contributed by atoms with Crippen molar-refractivity contribution in [3.63, 3.8) is 0 Å². The maximum Gasteiger partial charge on any atom is 0.0447 e. The van der Waals surface area contributed by atoms with E-state index in [9.17, 15) is 0 Å². The minimum atomic E-state index is 0.950. The normalized spacial score (nSPS) is 10.1. The van der Waals surface area contributed by atoms with Crippen LogP contribution in [-0.2, 0) is 3.63 Å². The summed E-state index contributed by atoms with van der Waals surface area (Å²) in [5.74, 6) is 0. The van der Waals surface area contributed by atoms with E-state index >= 15 is 0 Å². The first-order chi connectivity index (χ1) is 14.2. The Morgan fingerprint density at radius 1 is 0.448 bits per heavy atom. The van der Waals surface area contributed by atoms with Gasteiger partial charge in [-0.05, 0) is 59.7 Å². The lowest BCUT2D eigenvalue weighted by atomic mass is 10.1. The third-order valence-electron chi connectivity index (χ3n) is 3.81. The third-order valence-corrected chi connectivity index (χ3v) is 5.88. The number of thiol groups is 2. The molecule has 0 spiro atoms. The fourth-order valence-electron chi connectivity index (χ4n) is 2.36. The van der Waals surface area contributed by atoms with E-state index < -0.39 is 0 Å². The molecule has 0 saturated heterocycles. The lowest BCUT2D eigenvalue weighted by molar-refractivity contribution is 0.756. The zero-order valence-corrected chi connectivity index (χ0v) is 18.9. The van der Waals surface area contributed by atoms with Gasteiger partial charge >= 0.3 is 0 Å². The van der Waals surface area contributed by atoms with Crippen molar-refractivity contribution in [3.8, 4) is 11.1 Å². The SMILES string of the molecule is Sc1ccc(SOSc2ccc(S)cc2)cc1.c1ccc(-c2ccccc2)cc1. The van der Waals surface area contributed by atoms with Crippen molar-refractivity contribution < 1.29 is 3.63 Å². The van der Waals surface area contributed by atoms with Crippen molar-refractivity contribution in [2.24, 2.45) is 0 Å². The van der Waals surface area contributed by atoms with Gasteiger partial charge in [0.15, 0.2) is 0 Å². The molecule has 0 aliphatic heterocycles. The summed E-state index contributed by atoms with van der Waals surface area (Å²) in [6, 6.07) is 36.4. The zero-order chi connectivity index (χ0) is 20.3. The molecule has 4 aromatic carbocycles. The highest BCUT2D eigenvalue weighted by molar-refractivity contribution is 8.07. The zero-order valence-electron chi connectivity index (χ0n) is 15.5. The second-order valence-corrected chi connectivity index (χ2v) is 8.81. The molecule has 0 aliphatic carbocycles. The highest BCUT2D eigenvalue weighted by Crippen LogP contribution is 2.30. The van der Waals surface area contributed by atoms with Gasteiger partial charge in [-0.1, -0.05) is 60.7 Å². The standard InChI is InChI=1S/C12H10OS4.C12H10/c14-9-1-5-11(6-2-9)16-13-17-12-7-3-10(15)4-8-12;1-3-7-11(8-4-1)12-9-5-2-6-10-12/h1-8,14-15H;1-10H. The second kappa shape index (κ2) is 12.1. The van der Waals surface area contributed by atoms with Crippen LogP contribution in [-0.4, -0.2) is 0 Å². The Balaban J connectivity index is 0.000000176. The summed E-state index contributed by atoms with van der Waals surface area (Å²) in [6.07, 6.45) is 0. The van der Waals surface area contributed by atoms with E-state index in [4.69, 9.17) is 3.63 Å². The van der Waals surface area contributed by atoms with Crippen LogP contribution < -0.4 is 0 Å². The first-order valence-electron chi connectivity index (χ1n) is 8.90. The molecule has 0 bridgehead atoms. The molecule has 0 radical (unpaired) electrons. The molecule has 0 aliphatic rings. The van der Waals surface area contributed by atoms with E-state index in [1.807, 2.05) is 60.7 Å². The monoisotopic (exact) mass is 452 g/mol. The van der Waals surface area contributed by atoms with E-state index in [0.717, 1.165) is 19.6 Å². The van der Waals surface area contributed by atoms with Gasteiger partial charge in [0, 0.05) is 43.7 Å². The molecule has 0 aromatic heterocycles. The average molecular weight is 453 g/mol. The average Bonchev–Trinajstić information content (AvgIpc) is 2.78. The van der Waals surface area contributed by atoms with Crippen molar-refractivity contribution in [1.82, 2.24) is 0 Å². The smallest absolute Gasteiger partial charge is 0.0447 e. The van der Waals surface area contributed by atoms with Gasteiger partial charge in [0.05, 0.1) is 0 Å². The Bertz CT molecular complexity index is 890. The van der Waals surface area contributed by atoms with Crippen molar-refractivity contribution >= 4 is 49.3 Å². The van der Waals surface area contributed by atoms with Crippen LogP contribution in [0.4, 0.5) is 0 Å². The molecule has 0 amide bonds. The van der Waals surface area contributed by atoms with Crippen molar-refractivity contribution in [3.05, 3.63) is 109 Å². The summed E-state index contributed by atoms with van der Waals surface area (Å²) in [5.41, 5.74) is 2.55. The van der Waals surface area contributed by atoms with Gasteiger partial charge in [-0.25, -0.2) is 3.63 Å². The van der Waals surface area contributed by atoms with Crippen LogP contribution in [0.2, 0.25) is 0 Å². The number of hydrogen-bond donors (Lipinski definition) is 2. The van der Waals surface area contributed by atoms with Gasteiger partial charge < -0.3 is 0 Å². The van der Waals surface area contributed by atoms with Crippen LogP contribution in [0, 0.1) is 0 Å². The Morgan fingerprint density at radius 2 is 0.793 bits per heavy atom. The Morgan fingerprint density at radius 3 is 1.14 bits per heavy atom. The summed E-state index contributed by atoms with van der Waals surface area (Å²) in [7, 11) is 0. The molecule has 0 heterocycles. The van der Waals surface area contributed by atoms with E-state index in [-0.39, 0.29) is 0 Å². The number of hydrogen-bond acceptors (Lipinski definition) is 5. The van der Waals surface area contributed by atoms with Crippen LogP contribution in [0.25, 0.3) is 11.1 Å². The maximum absolute atomic E-state index is 5.47.